The van der Waals surface area contributed by atoms with Gasteiger partial charge in [0.05, 0.1) is 25.2 Å². The highest BCUT2D eigenvalue weighted by molar-refractivity contribution is 5.77. The Bertz CT molecular complexity index is 837. The largest absolute Gasteiger partial charge is 0.462 e. The van der Waals surface area contributed by atoms with Crippen LogP contribution in [0.3, 0.4) is 0 Å². The summed E-state index contributed by atoms with van der Waals surface area (Å²) in [6.07, 6.45) is 50.2. The summed E-state index contributed by atoms with van der Waals surface area (Å²) in [5.74, 6) is -0.452. The van der Waals surface area contributed by atoms with Crippen LogP contribution < -0.4 is 5.32 Å². The number of esters is 1. The van der Waals surface area contributed by atoms with Crippen LogP contribution in [0.2, 0.25) is 0 Å². The molecular formula is C52H103NO5. The minimum Gasteiger partial charge on any atom is -0.462 e. The summed E-state index contributed by atoms with van der Waals surface area (Å²) >= 11 is 0. The number of hydrogen-bond acceptors (Lipinski definition) is 5. The third-order valence-corrected chi connectivity index (χ3v) is 12.4. The molecule has 0 fully saturated rings. The summed E-state index contributed by atoms with van der Waals surface area (Å²) in [4.78, 5) is 26.1. The van der Waals surface area contributed by atoms with Crippen LogP contribution in [0, 0.1) is 0 Å². The lowest BCUT2D eigenvalue weighted by Crippen LogP contribution is -2.46. The molecule has 0 aromatic heterocycles. The molecule has 3 unspecified atom stereocenters. The predicted octanol–water partition coefficient (Wildman–Crippen LogP) is 15.6. The molecule has 0 radical (unpaired) electrons. The van der Waals surface area contributed by atoms with Crippen LogP contribution in [0.1, 0.15) is 297 Å². The van der Waals surface area contributed by atoms with Crippen LogP contribution >= 0.6 is 0 Å². The van der Waals surface area contributed by atoms with Crippen LogP contribution in [0.15, 0.2) is 0 Å². The van der Waals surface area contributed by atoms with Crippen LogP contribution in [0.5, 0.6) is 0 Å². The van der Waals surface area contributed by atoms with Crippen LogP contribution in [0.4, 0.5) is 0 Å². The van der Waals surface area contributed by atoms with Gasteiger partial charge in [0.25, 0.3) is 0 Å². The summed E-state index contributed by atoms with van der Waals surface area (Å²) in [5, 5.41) is 23.7. The first kappa shape index (κ1) is 56.9. The average Bonchev–Trinajstić information content (AvgIpc) is 3.22. The molecule has 0 aliphatic carbocycles. The Morgan fingerprint density at radius 3 is 1.05 bits per heavy atom. The van der Waals surface area contributed by atoms with Gasteiger partial charge in [-0.25, -0.2) is 0 Å². The molecule has 0 aromatic carbocycles. The van der Waals surface area contributed by atoms with Gasteiger partial charge in [0.15, 0.2) is 0 Å². The van der Waals surface area contributed by atoms with E-state index in [1.165, 1.54) is 212 Å². The summed E-state index contributed by atoms with van der Waals surface area (Å²) < 4.78 is 5.93. The van der Waals surface area contributed by atoms with E-state index in [1.807, 2.05) is 0 Å². The first-order valence-electron chi connectivity index (χ1n) is 26.3. The molecule has 346 valence electrons. The maximum Gasteiger partial charge on any atom is 0.306 e. The van der Waals surface area contributed by atoms with Gasteiger partial charge in [-0.1, -0.05) is 258 Å². The number of carbonyl (C=O) groups is 2. The molecule has 6 nitrogen and oxygen atoms in total. The van der Waals surface area contributed by atoms with E-state index in [9.17, 15) is 19.8 Å². The lowest BCUT2D eigenvalue weighted by molar-refractivity contribution is -0.151. The van der Waals surface area contributed by atoms with Gasteiger partial charge in [0.1, 0.15) is 6.10 Å². The molecule has 0 aromatic rings. The fourth-order valence-electron chi connectivity index (χ4n) is 8.43. The highest BCUT2D eigenvalue weighted by Crippen LogP contribution is 2.19. The van der Waals surface area contributed by atoms with Gasteiger partial charge < -0.3 is 20.3 Å². The van der Waals surface area contributed by atoms with Gasteiger partial charge >= 0.3 is 5.97 Å². The average molecular weight is 822 g/mol. The van der Waals surface area contributed by atoms with Crippen LogP contribution in [0.25, 0.3) is 0 Å². The Kier molecular flexibility index (Phi) is 46.0. The third kappa shape index (κ3) is 41.6. The number of amides is 1. The molecule has 0 saturated heterocycles. The smallest absolute Gasteiger partial charge is 0.306 e. The molecule has 0 aliphatic heterocycles. The van der Waals surface area contributed by atoms with Crippen LogP contribution in [-0.4, -0.2) is 46.9 Å². The lowest BCUT2D eigenvalue weighted by atomic mass is 10.0. The first-order chi connectivity index (χ1) is 28.5. The topological polar surface area (TPSA) is 95.9 Å². The SMILES string of the molecule is CCCCCCCCCCCCCCCCCCCC(=O)OC(CCCCCCCCCCCC)CC(=O)NC(CO)C(O)CCCCCCCCCCCCCC. The molecule has 1 amide bonds. The van der Waals surface area contributed by atoms with E-state index < -0.39 is 18.2 Å². The number of ether oxygens (including phenoxy) is 1. The van der Waals surface area contributed by atoms with E-state index in [1.54, 1.807) is 0 Å². The molecule has 0 saturated carbocycles. The van der Waals surface area contributed by atoms with Crippen molar-refractivity contribution in [3.8, 4) is 0 Å². The molecular weight excluding hydrogens is 719 g/mol. The molecule has 3 atom stereocenters. The quantitative estimate of drug-likeness (QED) is 0.0420. The second-order valence-electron chi connectivity index (χ2n) is 18.3. The lowest BCUT2D eigenvalue weighted by Gasteiger charge is -2.24. The maximum absolute atomic E-state index is 13.2. The summed E-state index contributed by atoms with van der Waals surface area (Å²) in [6, 6.07) is -0.691. The van der Waals surface area contributed by atoms with Crippen molar-refractivity contribution in [2.75, 3.05) is 6.61 Å². The van der Waals surface area contributed by atoms with E-state index in [0.29, 0.717) is 19.3 Å². The highest BCUT2D eigenvalue weighted by Gasteiger charge is 2.24. The second-order valence-corrected chi connectivity index (χ2v) is 18.3. The minimum atomic E-state index is -0.778. The highest BCUT2D eigenvalue weighted by atomic mass is 16.5. The molecule has 0 rings (SSSR count). The minimum absolute atomic E-state index is 0.0873. The molecule has 58 heavy (non-hydrogen) atoms. The van der Waals surface area contributed by atoms with E-state index in [4.69, 9.17) is 4.74 Å². The molecule has 0 aliphatic rings. The molecule has 3 N–H and O–H groups in total. The standard InChI is InChI=1S/C52H103NO5/c1-4-7-10-13-16-19-22-24-25-26-27-28-30-33-36-39-42-45-52(57)58-48(43-40-37-34-31-21-18-15-12-9-6-3)46-51(56)53-49(47-54)50(55)44-41-38-35-32-29-23-20-17-14-11-8-5-2/h48-50,54-55H,4-47H2,1-3H3,(H,53,56). The zero-order valence-electron chi connectivity index (χ0n) is 39.5. The molecule has 6 heteroatoms. The van der Waals surface area contributed by atoms with Crippen molar-refractivity contribution < 1.29 is 24.5 Å². The number of nitrogens with one attached hydrogen (secondary N) is 1. The predicted molar refractivity (Wildman–Crippen MR) is 250 cm³/mol. The van der Waals surface area contributed by atoms with E-state index >= 15 is 0 Å². The maximum atomic E-state index is 13.2. The van der Waals surface area contributed by atoms with Crippen LogP contribution in [-0.2, 0) is 14.3 Å². The monoisotopic (exact) mass is 822 g/mol. The Balaban J connectivity index is 4.42. The summed E-state index contributed by atoms with van der Waals surface area (Å²) in [6.45, 7) is 6.50. The molecule has 0 heterocycles. The zero-order valence-corrected chi connectivity index (χ0v) is 39.5. The number of rotatable bonds is 48. The second kappa shape index (κ2) is 46.9. The number of carbonyl (C=O) groups excluding carboxylic acids is 2. The van der Waals surface area contributed by atoms with Crippen molar-refractivity contribution in [1.29, 1.82) is 0 Å². The van der Waals surface area contributed by atoms with Gasteiger partial charge in [-0.15, -0.1) is 0 Å². The molecule has 0 bridgehead atoms. The fraction of sp³-hybridized carbons (Fsp3) is 0.962. The number of aliphatic hydroxyl groups excluding tert-OH is 2. The molecule has 0 spiro atoms. The van der Waals surface area contributed by atoms with Gasteiger partial charge in [-0.3, -0.25) is 9.59 Å². The van der Waals surface area contributed by atoms with Gasteiger partial charge in [-0.2, -0.15) is 0 Å². The Hall–Kier alpha value is -1.14. The van der Waals surface area contributed by atoms with Crippen molar-refractivity contribution in [2.24, 2.45) is 0 Å². The van der Waals surface area contributed by atoms with E-state index in [2.05, 4.69) is 26.1 Å². The first-order valence-corrected chi connectivity index (χ1v) is 26.3. The normalized spacial score (nSPS) is 13.1. The third-order valence-electron chi connectivity index (χ3n) is 12.4. The zero-order chi connectivity index (χ0) is 42.4. The van der Waals surface area contributed by atoms with Crippen molar-refractivity contribution >= 4 is 11.9 Å². The fourth-order valence-corrected chi connectivity index (χ4v) is 8.43. The van der Waals surface area contributed by atoms with Gasteiger partial charge in [0, 0.05) is 6.42 Å². The Morgan fingerprint density at radius 2 is 0.724 bits per heavy atom. The van der Waals surface area contributed by atoms with E-state index in [0.717, 1.165) is 38.5 Å². The Labute approximate surface area is 362 Å². The number of unbranched alkanes of at least 4 members (excludes halogenated alkanes) is 36. The van der Waals surface area contributed by atoms with Gasteiger partial charge in [0.2, 0.25) is 5.91 Å². The number of hydrogen-bond donors (Lipinski definition) is 3. The Morgan fingerprint density at radius 1 is 0.431 bits per heavy atom. The van der Waals surface area contributed by atoms with Crippen molar-refractivity contribution in [2.45, 2.75) is 315 Å². The van der Waals surface area contributed by atoms with E-state index in [-0.39, 0.29) is 24.9 Å². The van der Waals surface area contributed by atoms with Crippen molar-refractivity contribution in [1.82, 2.24) is 5.32 Å². The summed E-state index contributed by atoms with van der Waals surface area (Å²) in [5.41, 5.74) is 0. The van der Waals surface area contributed by atoms with Crippen molar-refractivity contribution in [3.05, 3.63) is 0 Å². The van der Waals surface area contributed by atoms with Gasteiger partial charge in [-0.05, 0) is 25.7 Å². The van der Waals surface area contributed by atoms with Crippen molar-refractivity contribution in [3.63, 3.8) is 0 Å². The summed E-state index contributed by atoms with van der Waals surface area (Å²) in [7, 11) is 0. The number of aliphatic hydroxyl groups is 2.